The van der Waals surface area contributed by atoms with Crippen LogP contribution in [0.25, 0.3) is 0 Å². The van der Waals surface area contributed by atoms with Gasteiger partial charge in [0.05, 0.1) is 7.11 Å². The lowest BCUT2D eigenvalue weighted by atomic mass is 9.68. The standard InChI is InChI=1S/C12H20O3/c1-3-12(9-7-11(14)15-2)8-5-4-6-10(12)13/h3-9H2,1-2H3/t12-/m0/s1. The van der Waals surface area contributed by atoms with Gasteiger partial charge in [-0.05, 0) is 25.7 Å². The zero-order valence-electron chi connectivity index (χ0n) is 9.67. The van der Waals surface area contributed by atoms with Crippen LogP contribution >= 0.6 is 0 Å². The Morgan fingerprint density at radius 3 is 2.73 bits per heavy atom. The van der Waals surface area contributed by atoms with Gasteiger partial charge in [0.25, 0.3) is 0 Å². The minimum Gasteiger partial charge on any atom is -0.469 e. The average Bonchev–Trinajstić information content (AvgIpc) is 2.28. The van der Waals surface area contributed by atoms with Crippen molar-refractivity contribution in [1.82, 2.24) is 0 Å². The number of ketones is 1. The summed E-state index contributed by atoms with van der Waals surface area (Å²) in [5.41, 5.74) is -0.230. The Bertz CT molecular complexity index is 247. The molecule has 0 heterocycles. The minimum atomic E-state index is -0.230. The Kier molecular flexibility index (Phi) is 4.30. The third kappa shape index (κ3) is 2.80. The Hall–Kier alpha value is -0.860. The van der Waals surface area contributed by atoms with Crippen molar-refractivity contribution < 1.29 is 14.3 Å². The number of rotatable bonds is 4. The van der Waals surface area contributed by atoms with Gasteiger partial charge < -0.3 is 4.74 Å². The molecule has 15 heavy (non-hydrogen) atoms. The van der Waals surface area contributed by atoms with Crippen molar-refractivity contribution in [3.8, 4) is 0 Å². The molecule has 0 N–H and O–H groups in total. The fraction of sp³-hybridized carbons (Fsp3) is 0.833. The van der Waals surface area contributed by atoms with E-state index in [1.165, 1.54) is 7.11 Å². The van der Waals surface area contributed by atoms with Gasteiger partial charge in [0.1, 0.15) is 5.78 Å². The molecule has 1 rings (SSSR count). The largest absolute Gasteiger partial charge is 0.469 e. The van der Waals surface area contributed by atoms with Crippen LogP contribution in [0.3, 0.4) is 0 Å². The van der Waals surface area contributed by atoms with Crippen LogP contribution in [0.1, 0.15) is 51.9 Å². The molecule has 86 valence electrons. The Morgan fingerprint density at radius 2 is 2.20 bits per heavy atom. The number of methoxy groups -OCH3 is 1. The van der Waals surface area contributed by atoms with Crippen molar-refractivity contribution in [1.29, 1.82) is 0 Å². The highest BCUT2D eigenvalue weighted by Gasteiger charge is 2.37. The van der Waals surface area contributed by atoms with Gasteiger partial charge in [-0.15, -0.1) is 0 Å². The van der Waals surface area contributed by atoms with Crippen LogP contribution in [0.5, 0.6) is 0 Å². The van der Waals surface area contributed by atoms with Gasteiger partial charge in [-0.3, -0.25) is 9.59 Å². The van der Waals surface area contributed by atoms with Gasteiger partial charge in [-0.1, -0.05) is 13.3 Å². The number of hydrogen-bond donors (Lipinski definition) is 0. The first-order chi connectivity index (χ1) is 7.14. The van der Waals surface area contributed by atoms with Crippen molar-refractivity contribution >= 4 is 11.8 Å². The molecule has 3 heteroatoms. The monoisotopic (exact) mass is 212 g/mol. The average molecular weight is 212 g/mol. The van der Waals surface area contributed by atoms with Crippen molar-refractivity contribution in [2.45, 2.75) is 51.9 Å². The molecule has 0 spiro atoms. The first-order valence-electron chi connectivity index (χ1n) is 5.75. The molecule has 1 aliphatic carbocycles. The first kappa shape index (κ1) is 12.2. The Balaban J connectivity index is 2.58. The molecule has 0 amide bonds. The smallest absolute Gasteiger partial charge is 0.305 e. The molecule has 1 aliphatic rings. The molecule has 0 saturated heterocycles. The van der Waals surface area contributed by atoms with E-state index in [0.29, 0.717) is 25.0 Å². The first-order valence-corrected chi connectivity index (χ1v) is 5.75. The van der Waals surface area contributed by atoms with Crippen LogP contribution in [0.2, 0.25) is 0 Å². The maximum Gasteiger partial charge on any atom is 0.305 e. The second kappa shape index (κ2) is 5.29. The highest BCUT2D eigenvalue weighted by Crippen LogP contribution is 2.40. The molecule has 3 nitrogen and oxygen atoms in total. The molecule has 1 saturated carbocycles. The molecule has 1 atom stereocenters. The number of esters is 1. The van der Waals surface area contributed by atoms with Gasteiger partial charge in [0.2, 0.25) is 0 Å². The zero-order chi connectivity index (χ0) is 11.3. The number of hydrogen-bond acceptors (Lipinski definition) is 3. The van der Waals surface area contributed by atoms with Crippen molar-refractivity contribution in [2.24, 2.45) is 5.41 Å². The van der Waals surface area contributed by atoms with Crippen LogP contribution in [0, 0.1) is 5.41 Å². The quantitative estimate of drug-likeness (QED) is 0.672. The summed E-state index contributed by atoms with van der Waals surface area (Å²) in [7, 11) is 1.39. The van der Waals surface area contributed by atoms with E-state index in [1.807, 2.05) is 6.92 Å². The van der Waals surface area contributed by atoms with Gasteiger partial charge in [-0.2, -0.15) is 0 Å². The predicted molar refractivity (Wildman–Crippen MR) is 57.4 cm³/mol. The Labute approximate surface area is 91.2 Å². The summed E-state index contributed by atoms with van der Waals surface area (Å²) in [5, 5.41) is 0. The van der Waals surface area contributed by atoms with Crippen LogP contribution < -0.4 is 0 Å². The number of carbonyl (C=O) groups is 2. The lowest BCUT2D eigenvalue weighted by Crippen LogP contribution is -2.34. The third-order valence-electron chi connectivity index (χ3n) is 3.61. The lowest BCUT2D eigenvalue weighted by molar-refractivity contribution is -0.142. The number of ether oxygens (including phenoxy) is 1. The molecular weight excluding hydrogens is 192 g/mol. The summed E-state index contributed by atoms with van der Waals surface area (Å²) in [6.45, 7) is 2.04. The Morgan fingerprint density at radius 1 is 1.47 bits per heavy atom. The SMILES string of the molecule is CC[C@@]1(CCC(=O)OC)CCCCC1=O. The topological polar surface area (TPSA) is 43.4 Å². The second-order valence-corrected chi connectivity index (χ2v) is 4.34. The second-order valence-electron chi connectivity index (χ2n) is 4.34. The molecule has 0 aromatic rings. The van der Waals surface area contributed by atoms with Crippen molar-refractivity contribution in [2.75, 3.05) is 7.11 Å². The van der Waals surface area contributed by atoms with Gasteiger partial charge >= 0.3 is 5.97 Å². The maximum absolute atomic E-state index is 11.9. The summed E-state index contributed by atoms with van der Waals surface area (Å²) in [6.07, 6.45) is 5.64. The highest BCUT2D eigenvalue weighted by atomic mass is 16.5. The van der Waals surface area contributed by atoms with Gasteiger partial charge in [0, 0.05) is 18.3 Å². The fourth-order valence-corrected chi connectivity index (χ4v) is 2.41. The normalized spacial score (nSPS) is 26.4. The summed E-state index contributed by atoms with van der Waals surface area (Å²) in [5.74, 6) is 0.140. The van der Waals surface area contributed by atoms with E-state index in [0.717, 1.165) is 25.7 Å². The molecule has 0 aliphatic heterocycles. The lowest BCUT2D eigenvalue weighted by Gasteiger charge is -2.34. The van der Waals surface area contributed by atoms with E-state index in [-0.39, 0.29) is 11.4 Å². The highest BCUT2D eigenvalue weighted by molar-refractivity contribution is 5.86. The van der Waals surface area contributed by atoms with E-state index in [9.17, 15) is 9.59 Å². The summed E-state index contributed by atoms with van der Waals surface area (Å²) < 4.78 is 4.62. The van der Waals surface area contributed by atoms with Crippen LogP contribution in [0.15, 0.2) is 0 Å². The summed E-state index contributed by atoms with van der Waals surface area (Å²) in [6, 6.07) is 0. The molecule has 0 aromatic carbocycles. The molecule has 0 radical (unpaired) electrons. The van der Waals surface area contributed by atoms with E-state index in [1.54, 1.807) is 0 Å². The predicted octanol–water partition coefficient (Wildman–Crippen LogP) is 2.48. The molecule has 0 unspecified atom stereocenters. The molecular formula is C12H20O3. The van der Waals surface area contributed by atoms with Crippen molar-refractivity contribution in [3.63, 3.8) is 0 Å². The van der Waals surface area contributed by atoms with Crippen molar-refractivity contribution in [3.05, 3.63) is 0 Å². The third-order valence-corrected chi connectivity index (χ3v) is 3.61. The minimum absolute atomic E-state index is 0.207. The fourth-order valence-electron chi connectivity index (χ4n) is 2.41. The molecule has 0 aromatic heterocycles. The van der Waals surface area contributed by atoms with E-state index in [4.69, 9.17) is 0 Å². The summed E-state index contributed by atoms with van der Waals surface area (Å²) in [4.78, 5) is 23.0. The number of carbonyl (C=O) groups excluding carboxylic acids is 2. The van der Waals surface area contributed by atoms with E-state index < -0.39 is 0 Å². The van der Waals surface area contributed by atoms with E-state index in [2.05, 4.69) is 4.74 Å². The van der Waals surface area contributed by atoms with Crippen LogP contribution in [-0.4, -0.2) is 18.9 Å². The molecule has 1 fully saturated rings. The van der Waals surface area contributed by atoms with Gasteiger partial charge in [-0.25, -0.2) is 0 Å². The van der Waals surface area contributed by atoms with Gasteiger partial charge in [0.15, 0.2) is 0 Å². The van der Waals surface area contributed by atoms with Crippen LogP contribution in [0.4, 0.5) is 0 Å². The van der Waals surface area contributed by atoms with Crippen LogP contribution in [-0.2, 0) is 14.3 Å². The maximum atomic E-state index is 11.9. The summed E-state index contributed by atoms with van der Waals surface area (Å²) >= 11 is 0. The number of Topliss-reactive ketones (excluding diaryl/α,β-unsaturated/α-hetero) is 1. The van der Waals surface area contributed by atoms with E-state index >= 15 is 0 Å². The zero-order valence-corrected chi connectivity index (χ0v) is 9.67. The molecule has 0 bridgehead atoms.